The molecule has 4 aromatic rings. The summed E-state index contributed by atoms with van der Waals surface area (Å²) in [6.07, 6.45) is 6.40. The highest BCUT2D eigenvalue weighted by atomic mass is 16.5. The molecule has 0 bridgehead atoms. The number of likely N-dealkylation sites (tertiary alicyclic amines) is 1. The highest BCUT2D eigenvalue weighted by Gasteiger charge is 2.47. The number of oxazole rings is 1. The van der Waals surface area contributed by atoms with Crippen molar-refractivity contribution < 1.29 is 13.9 Å². The number of ether oxygens (including phenoxy) is 1. The first kappa shape index (κ1) is 22.7. The molecule has 1 unspecified atom stereocenters. The zero-order valence-electron chi connectivity index (χ0n) is 20.9. The van der Waals surface area contributed by atoms with Crippen molar-refractivity contribution in [2.24, 2.45) is 0 Å². The first-order chi connectivity index (χ1) is 17.4. The van der Waals surface area contributed by atoms with E-state index in [4.69, 9.17) is 9.15 Å². The van der Waals surface area contributed by atoms with E-state index in [2.05, 4.69) is 39.4 Å². The zero-order chi connectivity index (χ0) is 24.9. The third-order valence-electron chi connectivity index (χ3n) is 7.58. The van der Waals surface area contributed by atoms with Crippen LogP contribution in [0.15, 0.2) is 59.3 Å². The third-order valence-corrected chi connectivity index (χ3v) is 7.58. The van der Waals surface area contributed by atoms with Crippen LogP contribution in [0.5, 0.6) is 5.75 Å². The Hall–Kier alpha value is -3.71. The number of carbonyl (C=O) groups excluding carboxylic acids is 1. The van der Waals surface area contributed by atoms with Gasteiger partial charge in [-0.1, -0.05) is 12.1 Å². The largest absolute Gasteiger partial charge is 0.492 e. The van der Waals surface area contributed by atoms with Crippen molar-refractivity contribution in [3.8, 4) is 17.1 Å². The van der Waals surface area contributed by atoms with E-state index in [0.29, 0.717) is 29.9 Å². The van der Waals surface area contributed by atoms with E-state index in [1.807, 2.05) is 44.2 Å². The number of aromatic nitrogens is 2. The Morgan fingerprint density at radius 2 is 2.06 bits per heavy atom. The Labute approximate surface area is 210 Å². The molecule has 184 valence electrons. The first-order valence-electron chi connectivity index (χ1n) is 12.5. The van der Waals surface area contributed by atoms with Gasteiger partial charge < -0.3 is 14.5 Å². The van der Waals surface area contributed by atoms with Crippen LogP contribution in [0.4, 0.5) is 0 Å². The summed E-state index contributed by atoms with van der Waals surface area (Å²) < 4.78 is 11.8. The number of nitrogens with one attached hydrogen (secondary N) is 1. The molecular formula is C29H30N4O3. The number of fused-ring (bicyclic) bond motifs is 1. The molecule has 7 nitrogen and oxygen atoms in total. The van der Waals surface area contributed by atoms with E-state index in [0.717, 1.165) is 59.2 Å². The van der Waals surface area contributed by atoms with Crippen LogP contribution in [0, 0.1) is 13.8 Å². The van der Waals surface area contributed by atoms with Gasteiger partial charge in [0.05, 0.1) is 17.3 Å². The lowest BCUT2D eigenvalue weighted by atomic mass is 9.95. The molecule has 1 atom stereocenters. The topological polar surface area (TPSA) is 80.5 Å². The van der Waals surface area contributed by atoms with Gasteiger partial charge in [-0.2, -0.15) is 0 Å². The zero-order valence-corrected chi connectivity index (χ0v) is 20.9. The lowest BCUT2D eigenvalue weighted by Gasteiger charge is -2.37. The summed E-state index contributed by atoms with van der Waals surface area (Å²) in [5.41, 5.74) is 3.96. The highest BCUT2D eigenvalue weighted by molar-refractivity contribution is 5.98. The van der Waals surface area contributed by atoms with Crippen LogP contribution in [0.2, 0.25) is 0 Å². The lowest BCUT2D eigenvalue weighted by molar-refractivity contribution is 0.0767. The molecule has 1 N–H and O–H groups in total. The first-order valence-corrected chi connectivity index (χ1v) is 12.5. The number of hydrogen-bond donors (Lipinski definition) is 1. The lowest BCUT2D eigenvalue weighted by Crippen LogP contribution is -2.48. The maximum atomic E-state index is 13.6. The van der Waals surface area contributed by atoms with Crippen molar-refractivity contribution in [1.29, 1.82) is 0 Å². The van der Waals surface area contributed by atoms with Gasteiger partial charge in [0.25, 0.3) is 5.91 Å². The number of hydrogen-bond acceptors (Lipinski definition) is 6. The Morgan fingerprint density at radius 1 is 1.19 bits per heavy atom. The van der Waals surface area contributed by atoms with Gasteiger partial charge in [0.2, 0.25) is 0 Å². The molecule has 1 aliphatic heterocycles. The molecule has 1 aliphatic carbocycles. The SMILES string of the molecule is Cc1ncc(-c2cc(C3(NC(=O)c4cc(OCC5CCN5C)ccc4C)CC3)c3cccnc3c2)o1. The monoisotopic (exact) mass is 482 g/mol. The van der Waals surface area contributed by atoms with Crippen LogP contribution < -0.4 is 10.1 Å². The number of aryl methyl sites for hydroxylation is 2. The molecule has 1 saturated carbocycles. The van der Waals surface area contributed by atoms with Gasteiger partial charge in [-0.15, -0.1) is 0 Å². The normalized spacial score (nSPS) is 18.6. The molecule has 0 radical (unpaired) electrons. The average Bonchev–Trinajstić information content (AvgIpc) is 3.52. The smallest absolute Gasteiger partial charge is 0.252 e. The molecule has 2 aromatic carbocycles. The van der Waals surface area contributed by atoms with Gasteiger partial charge in [-0.05, 0) is 81.2 Å². The van der Waals surface area contributed by atoms with Crippen molar-refractivity contribution in [3.63, 3.8) is 0 Å². The minimum Gasteiger partial charge on any atom is -0.492 e. The molecular weight excluding hydrogens is 452 g/mol. The fourth-order valence-electron chi connectivity index (χ4n) is 5.00. The number of carbonyl (C=O) groups is 1. The van der Waals surface area contributed by atoms with E-state index in [1.54, 1.807) is 12.4 Å². The van der Waals surface area contributed by atoms with Crippen LogP contribution in [0.1, 0.15) is 46.6 Å². The molecule has 2 aromatic heterocycles. The summed E-state index contributed by atoms with van der Waals surface area (Å²) in [7, 11) is 2.11. The van der Waals surface area contributed by atoms with Gasteiger partial charge in [0.1, 0.15) is 12.4 Å². The van der Waals surface area contributed by atoms with Gasteiger partial charge in [0.15, 0.2) is 11.7 Å². The van der Waals surface area contributed by atoms with Gasteiger partial charge >= 0.3 is 0 Å². The number of amides is 1. The molecule has 7 heteroatoms. The van der Waals surface area contributed by atoms with Crippen molar-refractivity contribution >= 4 is 16.8 Å². The predicted molar refractivity (Wildman–Crippen MR) is 138 cm³/mol. The fraction of sp³-hybridized carbons (Fsp3) is 0.345. The van der Waals surface area contributed by atoms with E-state index in [9.17, 15) is 4.79 Å². The molecule has 0 spiro atoms. The Morgan fingerprint density at radius 3 is 2.75 bits per heavy atom. The Bertz CT molecular complexity index is 1460. The van der Waals surface area contributed by atoms with E-state index < -0.39 is 5.54 Å². The maximum Gasteiger partial charge on any atom is 0.252 e. The number of benzene rings is 2. The molecule has 2 fully saturated rings. The highest BCUT2D eigenvalue weighted by Crippen LogP contribution is 2.49. The summed E-state index contributed by atoms with van der Waals surface area (Å²) >= 11 is 0. The van der Waals surface area contributed by atoms with Gasteiger partial charge in [0, 0.05) is 35.7 Å². The van der Waals surface area contributed by atoms with Gasteiger partial charge in [-0.3, -0.25) is 14.7 Å². The summed E-state index contributed by atoms with van der Waals surface area (Å²) in [4.78, 5) is 24.7. The molecule has 6 rings (SSSR count). The summed E-state index contributed by atoms with van der Waals surface area (Å²) in [5, 5.41) is 4.40. The average molecular weight is 483 g/mol. The van der Waals surface area contributed by atoms with Gasteiger partial charge in [-0.25, -0.2) is 4.98 Å². The number of likely N-dealkylation sites (N-methyl/N-ethyl adjacent to an activating group) is 1. The van der Waals surface area contributed by atoms with E-state index in [1.165, 1.54) is 0 Å². The Balaban J connectivity index is 1.30. The second-order valence-electron chi connectivity index (χ2n) is 10.1. The third kappa shape index (κ3) is 4.13. The van der Waals surface area contributed by atoms with Crippen molar-refractivity contribution in [2.45, 2.75) is 44.7 Å². The number of rotatable bonds is 7. The van der Waals surface area contributed by atoms with Crippen LogP contribution in [-0.2, 0) is 5.54 Å². The standard InChI is InChI=1S/C29H30N4O3/c1-18-6-7-22(35-17-21-8-12-33(21)3)15-24(18)28(34)32-29(9-10-29)25-13-20(27-16-31-19(2)36-27)14-26-23(25)5-4-11-30-26/h4-7,11,13-16,21H,8-10,12,17H2,1-3H3,(H,32,34). The van der Waals surface area contributed by atoms with Crippen LogP contribution in [0.3, 0.4) is 0 Å². The van der Waals surface area contributed by atoms with Crippen molar-refractivity contribution in [3.05, 3.63) is 77.4 Å². The minimum absolute atomic E-state index is 0.0887. The van der Waals surface area contributed by atoms with E-state index >= 15 is 0 Å². The number of nitrogens with zero attached hydrogens (tertiary/aromatic N) is 3. The molecule has 1 amide bonds. The second-order valence-corrected chi connectivity index (χ2v) is 10.1. The minimum atomic E-state index is -0.443. The molecule has 3 heterocycles. The summed E-state index contributed by atoms with van der Waals surface area (Å²) in [6, 6.07) is 14.3. The van der Waals surface area contributed by atoms with Crippen LogP contribution in [0.25, 0.3) is 22.2 Å². The molecule has 36 heavy (non-hydrogen) atoms. The fourth-order valence-corrected chi connectivity index (χ4v) is 5.00. The van der Waals surface area contributed by atoms with Crippen LogP contribution in [-0.4, -0.2) is 47.0 Å². The Kier molecular flexibility index (Phi) is 5.52. The van der Waals surface area contributed by atoms with Crippen molar-refractivity contribution in [1.82, 2.24) is 20.2 Å². The summed E-state index contributed by atoms with van der Waals surface area (Å²) in [5.74, 6) is 1.95. The molecule has 1 saturated heterocycles. The quantitative estimate of drug-likeness (QED) is 0.399. The predicted octanol–water partition coefficient (Wildman–Crippen LogP) is 5.01. The van der Waals surface area contributed by atoms with Crippen molar-refractivity contribution in [2.75, 3.05) is 20.2 Å². The molecule has 2 aliphatic rings. The maximum absolute atomic E-state index is 13.6. The second kappa shape index (κ2) is 8.75. The van der Waals surface area contributed by atoms with E-state index in [-0.39, 0.29) is 5.91 Å². The summed E-state index contributed by atoms with van der Waals surface area (Å²) in [6.45, 7) is 5.54. The van der Waals surface area contributed by atoms with Crippen LogP contribution >= 0.6 is 0 Å². The number of pyridine rings is 1.